The lowest BCUT2D eigenvalue weighted by molar-refractivity contribution is 0.0948. The van der Waals surface area contributed by atoms with E-state index >= 15 is 0 Å². The van der Waals surface area contributed by atoms with E-state index in [9.17, 15) is 4.79 Å². The van der Waals surface area contributed by atoms with E-state index in [0.29, 0.717) is 18.2 Å². The van der Waals surface area contributed by atoms with Gasteiger partial charge < -0.3 is 10.6 Å². The number of unbranched alkanes of at least 4 members (excludes halogenated alkanes) is 2. The summed E-state index contributed by atoms with van der Waals surface area (Å²) in [4.78, 5) is 20.3. The fourth-order valence-electron chi connectivity index (χ4n) is 1.59. The van der Waals surface area contributed by atoms with E-state index in [1.807, 2.05) is 13.8 Å². The molecule has 0 fully saturated rings. The molecule has 0 aliphatic carbocycles. The van der Waals surface area contributed by atoms with Gasteiger partial charge in [0.2, 0.25) is 5.95 Å². The van der Waals surface area contributed by atoms with E-state index in [1.165, 1.54) is 0 Å². The lowest BCUT2D eigenvalue weighted by Crippen LogP contribution is -2.26. The zero-order chi connectivity index (χ0) is 13.4. The van der Waals surface area contributed by atoms with Crippen molar-refractivity contribution in [3.8, 4) is 0 Å². The van der Waals surface area contributed by atoms with Gasteiger partial charge in [-0.3, -0.25) is 4.79 Å². The molecule has 1 rings (SSSR count). The van der Waals surface area contributed by atoms with Crippen LogP contribution in [0, 0.1) is 6.92 Å². The number of nitrogens with zero attached hydrogens (tertiary/aromatic N) is 2. The maximum absolute atomic E-state index is 11.9. The summed E-state index contributed by atoms with van der Waals surface area (Å²) in [6, 6.07) is 1.70. The first-order valence-corrected chi connectivity index (χ1v) is 6.55. The SMILES string of the molecule is CCCCCNC(=O)c1cc(C)nc(NCC)n1. The number of hydrogen-bond donors (Lipinski definition) is 2. The van der Waals surface area contributed by atoms with Gasteiger partial charge in [0.15, 0.2) is 0 Å². The van der Waals surface area contributed by atoms with Crippen molar-refractivity contribution < 1.29 is 4.79 Å². The molecular weight excluding hydrogens is 228 g/mol. The van der Waals surface area contributed by atoms with Crippen molar-refractivity contribution in [3.63, 3.8) is 0 Å². The van der Waals surface area contributed by atoms with E-state index in [-0.39, 0.29) is 5.91 Å². The van der Waals surface area contributed by atoms with Crippen LogP contribution in [0.3, 0.4) is 0 Å². The molecule has 1 aromatic heterocycles. The fraction of sp³-hybridized carbons (Fsp3) is 0.615. The second kappa shape index (κ2) is 7.63. The van der Waals surface area contributed by atoms with Gasteiger partial charge in [-0.15, -0.1) is 0 Å². The molecule has 1 aromatic rings. The van der Waals surface area contributed by atoms with Crippen LogP contribution in [0.15, 0.2) is 6.07 Å². The van der Waals surface area contributed by atoms with Crippen LogP contribution >= 0.6 is 0 Å². The summed E-state index contributed by atoms with van der Waals surface area (Å²) >= 11 is 0. The molecule has 100 valence electrons. The predicted molar refractivity (Wildman–Crippen MR) is 72.8 cm³/mol. The Hall–Kier alpha value is -1.65. The molecule has 5 heteroatoms. The van der Waals surface area contributed by atoms with Gasteiger partial charge in [0.1, 0.15) is 5.69 Å². The topological polar surface area (TPSA) is 66.9 Å². The molecule has 0 aromatic carbocycles. The highest BCUT2D eigenvalue weighted by molar-refractivity contribution is 5.92. The second-order valence-corrected chi connectivity index (χ2v) is 4.21. The monoisotopic (exact) mass is 250 g/mol. The summed E-state index contributed by atoms with van der Waals surface area (Å²) < 4.78 is 0. The van der Waals surface area contributed by atoms with Crippen molar-refractivity contribution in [2.45, 2.75) is 40.0 Å². The van der Waals surface area contributed by atoms with Gasteiger partial charge >= 0.3 is 0 Å². The normalized spacial score (nSPS) is 10.2. The molecule has 0 atom stereocenters. The minimum Gasteiger partial charge on any atom is -0.354 e. The number of carbonyl (C=O) groups is 1. The van der Waals surface area contributed by atoms with Gasteiger partial charge in [-0.1, -0.05) is 19.8 Å². The molecule has 0 unspecified atom stereocenters. The summed E-state index contributed by atoms with van der Waals surface area (Å²) in [6.07, 6.45) is 3.28. The molecule has 1 amide bonds. The quantitative estimate of drug-likeness (QED) is 0.728. The standard InChI is InChI=1S/C13H22N4O/c1-4-6-7-8-15-12(18)11-9-10(3)16-13(17-11)14-5-2/h9H,4-8H2,1-3H3,(H,15,18)(H,14,16,17). The van der Waals surface area contributed by atoms with Gasteiger partial charge in [-0.2, -0.15) is 0 Å². The molecule has 5 nitrogen and oxygen atoms in total. The molecule has 0 saturated heterocycles. The Morgan fingerprint density at radius 3 is 2.72 bits per heavy atom. The van der Waals surface area contributed by atoms with E-state index in [0.717, 1.165) is 31.5 Å². The van der Waals surface area contributed by atoms with Crippen LogP contribution in [0.25, 0.3) is 0 Å². The maximum Gasteiger partial charge on any atom is 0.270 e. The minimum atomic E-state index is -0.129. The van der Waals surface area contributed by atoms with Crippen molar-refractivity contribution in [1.82, 2.24) is 15.3 Å². The molecule has 2 N–H and O–H groups in total. The fourth-order valence-corrected chi connectivity index (χ4v) is 1.59. The Morgan fingerprint density at radius 2 is 2.06 bits per heavy atom. The molecule has 0 saturated carbocycles. The Bertz CT molecular complexity index is 393. The van der Waals surface area contributed by atoms with Crippen LogP contribution in [0.1, 0.15) is 49.3 Å². The molecular formula is C13H22N4O. The van der Waals surface area contributed by atoms with Crippen molar-refractivity contribution in [2.75, 3.05) is 18.4 Å². The summed E-state index contributed by atoms with van der Waals surface area (Å²) in [7, 11) is 0. The first kappa shape index (κ1) is 14.4. The molecule has 0 aliphatic rings. The Labute approximate surface area is 108 Å². The summed E-state index contributed by atoms with van der Waals surface area (Å²) in [5, 5.41) is 5.89. The average Bonchev–Trinajstić information content (AvgIpc) is 2.34. The van der Waals surface area contributed by atoms with Crippen molar-refractivity contribution >= 4 is 11.9 Å². The Balaban J connectivity index is 2.61. The summed E-state index contributed by atoms with van der Waals surface area (Å²) in [6.45, 7) is 7.40. The number of amides is 1. The highest BCUT2D eigenvalue weighted by Gasteiger charge is 2.09. The van der Waals surface area contributed by atoms with Crippen molar-refractivity contribution in [3.05, 3.63) is 17.5 Å². The van der Waals surface area contributed by atoms with Crippen LogP contribution in [-0.2, 0) is 0 Å². The van der Waals surface area contributed by atoms with Crippen LogP contribution in [0.2, 0.25) is 0 Å². The number of anilines is 1. The van der Waals surface area contributed by atoms with Gasteiger partial charge in [0.05, 0.1) is 0 Å². The average molecular weight is 250 g/mol. The van der Waals surface area contributed by atoms with E-state index in [4.69, 9.17) is 0 Å². The van der Waals surface area contributed by atoms with E-state index in [1.54, 1.807) is 6.07 Å². The predicted octanol–water partition coefficient (Wildman–Crippen LogP) is 2.14. The number of nitrogens with one attached hydrogen (secondary N) is 2. The number of hydrogen-bond acceptors (Lipinski definition) is 4. The third kappa shape index (κ3) is 4.69. The smallest absolute Gasteiger partial charge is 0.270 e. The highest BCUT2D eigenvalue weighted by Crippen LogP contribution is 2.04. The molecule has 0 radical (unpaired) electrons. The summed E-state index contributed by atoms with van der Waals surface area (Å²) in [5.74, 6) is 0.381. The van der Waals surface area contributed by atoms with E-state index in [2.05, 4.69) is 27.5 Å². The zero-order valence-electron chi connectivity index (χ0n) is 11.4. The van der Waals surface area contributed by atoms with E-state index < -0.39 is 0 Å². The van der Waals surface area contributed by atoms with Crippen LogP contribution in [0.4, 0.5) is 5.95 Å². The van der Waals surface area contributed by atoms with Crippen molar-refractivity contribution in [1.29, 1.82) is 0 Å². The first-order chi connectivity index (χ1) is 8.67. The Kier molecular flexibility index (Phi) is 6.11. The second-order valence-electron chi connectivity index (χ2n) is 4.21. The van der Waals surface area contributed by atoms with Crippen LogP contribution in [0.5, 0.6) is 0 Å². The van der Waals surface area contributed by atoms with Crippen molar-refractivity contribution in [2.24, 2.45) is 0 Å². The number of carbonyl (C=O) groups excluding carboxylic acids is 1. The minimum absolute atomic E-state index is 0.129. The van der Waals surface area contributed by atoms with Gasteiger partial charge in [-0.05, 0) is 26.3 Å². The van der Waals surface area contributed by atoms with Gasteiger partial charge in [-0.25, -0.2) is 9.97 Å². The van der Waals surface area contributed by atoms with Gasteiger partial charge in [0.25, 0.3) is 5.91 Å². The molecule has 0 bridgehead atoms. The third-order valence-corrected chi connectivity index (χ3v) is 2.49. The highest BCUT2D eigenvalue weighted by atomic mass is 16.1. The number of aromatic nitrogens is 2. The molecule has 18 heavy (non-hydrogen) atoms. The maximum atomic E-state index is 11.9. The first-order valence-electron chi connectivity index (χ1n) is 6.55. The molecule has 0 spiro atoms. The molecule has 0 aliphatic heterocycles. The molecule has 1 heterocycles. The van der Waals surface area contributed by atoms with Crippen LogP contribution in [-0.4, -0.2) is 29.0 Å². The third-order valence-electron chi connectivity index (χ3n) is 2.49. The van der Waals surface area contributed by atoms with Gasteiger partial charge in [0, 0.05) is 18.8 Å². The number of aryl methyl sites for hydroxylation is 1. The Morgan fingerprint density at radius 1 is 1.28 bits per heavy atom. The lowest BCUT2D eigenvalue weighted by Gasteiger charge is -2.07. The zero-order valence-corrected chi connectivity index (χ0v) is 11.4. The lowest BCUT2D eigenvalue weighted by atomic mass is 10.2. The largest absolute Gasteiger partial charge is 0.354 e. The number of rotatable bonds is 7. The summed E-state index contributed by atoms with van der Waals surface area (Å²) in [5.41, 5.74) is 1.22. The van der Waals surface area contributed by atoms with Crippen LogP contribution < -0.4 is 10.6 Å².